The van der Waals surface area contributed by atoms with E-state index in [0.29, 0.717) is 18.7 Å². The number of benzene rings is 1. The summed E-state index contributed by atoms with van der Waals surface area (Å²) in [6, 6.07) is 3.67. The van der Waals surface area contributed by atoms with Crippen molar-refractivity contribution < 1.29 is 19.1 Å². The van der Waals surface area contributed by atoms with Crippen LogP contribution < -0.4 is 11.1 Å². The molecule has 20 heavy (non-hydrogen) atoms. The molecule has 7 heteroatoms. The van der Waals surface area contributed by atoms with Gasteiger partial charge < -0.3 is 21.0 Å². The first-order valence-corrected chi connectivity index (χ1v) is 6.23. The van der Waals surface area contributed by atoms with Crippen LogP contribution in [0.4, 0.5) is 10.1 Å². The van der Waals surface area contributed by atoms with Crippen molar-refractivity contribution >= 4 is 17.4 Å². The summed E-state index contributed by atoms with van der Waals surface area (Å²) >= 11 is 0. The molecule has 2 atom stereocenters. The fourth-order valence-corrected chi connectivity index (χ4v) is 2.19. The molecule has 1 amide bonds. The number of nitrogens with one attached hydrogen (secondary N) is 1. The number of hydrogen-bond donors (Lipinski definition) is 3. The maximum Gasteiger partial charge on any atom is 0.230 e. The third-order valence-corrected chi connectivity index (χ3v) is 3.34. The van der Waals surface area contributed by atoms with E-state index in [1.165, 1.54) is 12.1 Å². The number of hydrogen-bond acceptors (Lipinski definition) is 4. The number of nitrogens with zero attached hydrogens (tertiary/aromatic N) is 1. The maximum absolute atomic E-state index is 13.2. The lowest BCUT2D eigenvalue weighted by Gasteiger charge is -2.16. The smallest absolute Gasteiger partial charge is 0.230 e. The second-order valence-electron chi connectivity index (χ2n) is 4.64. The Morgan fingerprint density at radius 1 is 1.60 bits per heavy atom. The van der Waals surface area contributed by atoms with E-state index in [4.69, 9.17) is 15.7 Å². The highest BCUT2D eigenvalue weighted by Crippen LogP contribution is 2.24. The van der Waals surface area contributed by atoms with E-state index in [1.54, 1.807) is 0 Å². The van der Waals surface area contributed by atoms with Gasteiger partial charge in [0.1, 0.15) is 5.82 Å². The molecule has 2 rings (SSSR count). The minimum Gasteiger partial charge on any atom is -0.409 e. The molecule has 1 aromatic carbocycles. The molecule has 108 valence electrons. The first kappa shape index (κ1) is 14.3. The highest BCUT2D eigenvalue weighted by Gasteiger charge is 2.31. The highest BCUT2D eigenvalue weighted by atomic mass is 19.1. The lowest BCUT2D eigenvalue weighted by Crippen LogP contribution is -2.29. The predicted octanol–water partition coefficient (Wildman–Crippen LogP) is 1.28. The molecule has 6 nitrogen and oxygen atoms in total. The molecule has 0 bridgehead atoms. The first-order valence-electron chi connectivity index (χ1n) is 6.23. The standard InChI is InChI=1S/C13H16FN3O3/c1-7-9(4-5-20-7)13(18)16-11-3-2-8(14)6-10(11)12(15)17-19/h2-3,6-7,9,19H,4-5H2,1H3,(H2,15,17)(H,16,18). The average molecular weight is 281 g/mol. The van der Waals surface area contributed by atoms with Crippen LogP contribution in [-0.4, -0.2) is 29.7 Å². The zero-order chi connectivity index (χ0) is 14.7. The predicted molar refractivity (Wildman–Crippen MR) is 71.1 cm³/mol. The number of anilines is 1. The van der Waals surface area contributed by atoms with E-state index in [0.717, 1.165) is 6.07 Å². The Labute approximate surface area is 115 Å². The van der Waals surface area contributed by atoms with Gasteiger partial charge in [-0.15, -0.1) is 0 Å². The van der Waals surface area contributed by atoms with Crippen LogP contribution in [0.3, 0.4) is 0 Å². The van der Waals surface area contributed by atoms with Crippen LogP contribution in [0, 0.1) is 11.7 Å². The quantitative estimate of drug-likeness (QED) is 0.336. The fraction of sp³-hybridized carbons (Fsp3) is 0.385. The minimum atomic E-state index is -0.540. The van der Waals surface area contributed by atoms with E-state index in [2.05, 4.69) is 10.5 Å². The van der Waals surface area contributed by atoms with Gasteiger partial charge in [-0.25, -0.2) is 4.39 Å². The number of oxime groups is 1. The Bertz CT molecular complexity index is 548. The zero-order valence-corrected chi connectivity index (χ0v) is 11.0. The summed E-state index contributed by atoms with van der Waals surface area (Å²) in [5.74, 6) is -1.30. The molecule has 1 fully saturated rings. The van der Waals surface area contributed by atoms with Gasteiger partial charge in [0, 0.05) is 12.2 Å². The largest absolute Gasteiger partial charge is 0.409 e. The molecule has 0 spiro atoms. The Morgan fingerprint density at radius 2 is 2.35 bits per heavy atom. The van der Waals surface area contributed by atoms with E-state index < -0.39 is 5.82 Å². The lowest BCUT2D eigenvalue weighted by atomic mass is 10.0. The molecule has 1 saturated heterocycles. The maximum atomic E-state index is 13.2. The van der Waals surface area contributed by atoms with E-state index in [-0.39, 0.29) is 29.3 Å². The van der Waals surface area contributed by atoms with Crippen molar-refractivity contribution in [3.05, 3.63) is 29.6 Å². The molecular weight excluding hydrogens is 265 g/mol. The normalized spacial score (nSPS) is 22.8. The number of carbonyl (C=O) groups excluding carboxylic acids is 1. The molecule has 1 aromatic rings. The molecule has 2 unspecified atom stereocenters. The summed E-state index contributed by atoms with van der Waals surface area (Å²) in [5.41, 5.74) is 5.91. The Morgan fingerprint density at radius 3 is 2.95 bits per heavy atom. The average Bonchev–Trinajstić information content (AvgIpc) is 2.86. The van der Waals surface area contributed by atoms with E-state index in [1.807, 2.05) is 6.92 Å². The summed E-state index contributed by atoms with van der Waals surface area (Å²) < 4.78 is 18.6. The van der Waals surface area contributed by atoms with Crippen molar-refractivity contribution in [1.29, 1.82) is 0 Å². The zero-order valence-electron chi connectivity index (χ0n) is 11.0. The van der Waals surface area contributed by atoms with Gasteiger partial charge in [-0.1, -0.05) is 5.16 Å². The molecule has 0 saturated carbocycles. The number of carbonyl (C=O) groups is 1. The number of halogens is 1. The third-order valence-electron chi connectivity index (χ3n) is 3.34. The van der Waals surface area contributed by atoms with E-state index in [9.17, 15) is 9.18 Å². The molecule has 0 radical (unpaired) electrons. The van der Waals surface area contributed by atoms with Crippen molar-refractivity contribution in [2.45, 2.75) is 19.4 Å². The van der Waals surface area contributed by atoms with Crippen LogP contribution >= 0.6 is 0 Å². The molecule has 1 aliphatic heterocycles. The molecular formula is C13H16FN3O3. The minimum absolute atomic E-state index is 0.132. The van der Waals surface area contributed by atoms with E-state index >= 15 is 0 Å². The number of amides is 1. The molecule has 1 aliphatic rings. The van der Waals surface area contributed by atoms with Gasteiger partial charge in [0.2, 0.25) is 5.91 Å². The summed E-state index contributed by atoms with van der Waals surface area (Å²) in [4.78, 5) is 12.1. The van der Waals surface area contributed by atoms with Crippen molar-refractivity contribution in [1.82, 2.24) is 0 Å². The van der Waals surface area contributed by atoms with Gasteiger partial charge in [-0.2, -0.15) is 0 Å². The van der Waals surface area contributed by atoms with Crippen LogP contribution in [0.15, 0.2) is 23.4 Å². The van der Waals surface area contributed by atoms with Crippen molar-refractivity contribution in [3.8, 4) is 0 Å². The first-order chi connectivity index (χ1) is 9.52. The SMILES string of the molecule is CC1OCCC1C(=O)Nc1ccc(F)cc1/C(N)=N/O. The second kappa shape index (κ2) is 5.87. The van der Waals surface area contributed by atoms with Gasteiger partial charge >= 0.3 is 0 Å². The van der Waals surface area contributed by atoms with Crippen LogP contribution in [0.25, 0.3) is 0 Å². The number of amidine groups is 1. The summed E-state index contributed by atoms with van der Waals surface area (Å²) in [7, 11) is 0. The number of rotatable bonds is 3. The molecule has 0 aliphatic carbocycles. The van der Waals surface area contributed by atoms with Gasteiger partial charge in [-0.3, -0.25) is 4.79 Å². The number of ether oxygens (including phenoxy) is 1. The topological polar surface area (TPSA) is 96.9 Å². The van der Waals surface area contributed by atoms with Crippen LogP contribution in [0.1, 0.15) is 18.9 Å². The fourth-order valence-electron chi connectivity index (χ4n) is 2.19. The summed E-state index contributed by atoms with van der Waals surface area (Å²) in [6.45, 7) is 2.36. The Kier molecular flexibility index (Phi) is 4.19. The third kappa shape index (κ3) is 2.88. The summed E-state index contributed by atoms with van der Waals surface area (Å²) in [5, 5.41) is 14.2. The number of nitrogens with two attached hydrogens (primary N) is 1. The Hall–Kier alpha value is -2.15. The van der Waals surface area contributed by atoms with Crippen LogP contribution in [0.2, 0.25) is 0 Å². The molecule has 4 N–H and O–H groups in total. The lowest BCUT2D eigenvalue weighted by molar-refractivity contribution is -0.121. The molecule has 0 aromatic heterocycles. The van der Waals surface area contributed by atoms with Crippen molar-refractivity contribution in [2.24, 2.45) is 16.8 Å². The second-order valence-corrected chi connectivity index (χ2v) is 4.64. The van der Waals surface area contributed by atoms with Crippen molar-refractivity contribution in [3.63, 3.8) is 0 Å². The monoisotopic (exact) mass is 281 g/mol. The summed E-state index contributed by atoms with van der Waals surface area (Å²) in [6.07, 6.45) is 0.468. The van der Waals surface area contributed by atoms with Crippen LogP contribution in [-0.2, 0) is 9.53 Å². The highest BCUT2D eigenvalue weighted by molar-refractivity contribution is 6.05. The molecule has 1 heterocycles. The Balaban J connectivity index is 2.23. The van der Waals surface area contributed by atoms with Gasteiger partial charge in [0.05, 0.1) is 17.7 Å². The van der Waals surface area contributed by atoms with Crippen molar-refractivity contribution in [2.75, 3.05) is 11.9 Å². The van der Waals surface area contributed by atoms with Crippen LogP contribution in [0.5, 0.6) is 0 Å². The van der Waals surface area contributed by atoms with Gasteiger partial charge in [0.15, 0.2) is 5.84 Å². The van der Waals surface area contributed by atoms with Gasteiger partial charge in [-0.05, 0) is 31.5 Å². The van der Waals surface area contributed by atoms with Gasteiger partial charge in [0.25, 0.3) is 0 Å².